The van der Waals surface area contributed by atoms with Crippen LogP contribution in [0.1, 0.15) is 11.5 Å². The van der Waals surface area contributed by atoms with Crippen molar-refractivity contribution in [1.82, 2.24) is 9.38 Å². The van der Waals surface area contributed by atoms with Crippen molar-refractivity contribution in [3.05, 3.63) is 65.3 Å². The molecule has 0 fully saturated rings. The Morgan fingerprint density at radius 1 is 1.23 bits per heavy atom. The van der Waals surface area contributed by atoms with Gasteiger partial charge in [0.05, 0.1) is 10.7 Å². The van der Waals surface area contributed by atoms with Gasteiger partial charge in [0.1, 0.15) is 12.2 Å². The lowest BCUT2D eigenvalue weighted by atomic mass is 10.2. The Bertz CT molecular complexity index is 971. The van der Waals surface area contributed by atoms with Gasteiger partial charge in [-0.2, -0.15) is 0 Å². The summed E-state index contributed by atoms with van der Waals surface area (Å²) in [5.74, 6) is 1.32. The molecule has 0 unspecified atom stereocenters. The van der Waals surface area contributed by atoms with Gasteiger partial charge >= 0.3 is 0 Å². The van der Waals surface area contributed by atoms with Crippen molar-refractivity contribution in [3.8, 4) is 5.75 Å². The number of aryl methyl sites for hydroxylation is 1. The van der Waals surface area contributed by atoms with Crippen LogP contribution in [-0.2, 0) is 6.61 Å². The van der Waals surface area contributed by atoms with E-state index in [1.807, 2.05) is 60.1 Å². The van der Waals surface area contributed by atoms with Crippen molar-refractivity contribution in [2.75, 3.05) is 0 Å². The first-order valence-electron chi connectivity index (χ1n) is 6.95. The maximum atomic E-state index is 6.35. The van der Waals surface area contributed by atoms with Gasteiger partial charge in [-0.25, -0.2) is 4.98 Å². The van der Waals surface area contributed by atoms with Crippen LogP contribution in [0.5, 0.6) is 5.75 Å². The van der Waals surface area contributed by atoms with Gasteiger partial charge in [-0.05, 0) is 31.2 Å². The van der Waals surface area contributed by atoms with Crippen LogP contribution in [0, 0.1) is 6.92 Å². The summed E-state index contributed by atoms with van der Waals surface area (Å²) in [6.45, 7) is 2.21. The summed E-state index contributed by atoms with van der Waals surface area (Å²) < 4.78 is 13.6. The molecule has 0 radical (unpaired) electrons. The van der Waals surface area contributed by atoms with E-state index in [1.54, 1.807) is 0 Å². The minimum absolute atomic E-state index is 0.263. The molecular formula is C17H13ClN2O2. The number of aromatic nitrogens is 2. The maximum absolute atomic E-state index is 6.35. The molecule has 5 heteroatoms. The Kier molecular flexibility index (Phi) is 3.05. The van der Waals surface area contributed by atoms with Crippen LogP contribution in [0.2, 0.25) is 5.02 Å². The van der Waals surface area contributed by atoms with Gasteiger partial charge in [0, 0.05) is 17.8 Å². The van der Waals surface area contributed by atoms with Crippen molar-refractivity contribution >= 4 is 28.2 Å². The molecule has 4 nitrogen and oxygen atoms in total. The first kappa shape index (κ1) is 13.2. The second kappa shape index (κ2) is 5.07. The molecule has 0 saturated heterocycles. The van der Waals surface area contributed by atoms with E-state index in [-0.39, 0.29) is 6.61 Å². The molecule has 4 aromatic rings. The van der Waals surface area contributed by atoms with Crippen LogP contribution in [0.4, 0.5) is 0 Å². The van der Waals surface area contributed by atoms with Crippen molar-refractivity contribution in [2.45, 2.75) is 13.5 Å². The first-order valence-corrected chi connectivity index (χ1v) is 7.33. The zero-order valence-corrected chi connectivity index (χ0v) is 12.7. The SMILES string of the molecule is Cc1cn2cccc(OCc3oc4ccccc4c3Cl)c2n1. The van der Waals surface area contributed by atoms with E-state index in [0.717, 1.165) is 22.3 Å². The number of fused-ring (bicyclic) bond motifs is 2. The highest BCUT2D eigenvalue weighted by atomic mass is 35.5. The Hall–Kier alpha value is -2.46. The summed E-state index contributed by atoms with van der Waals surface area (Å²) in [6, 6.07) is 11.5. The standard InChI is InChI=1S/C17H13ClN2O2/c1-11-9-20-8-4-7-14(17(20)19-11)21-10-15-16(18)12-5-2-3-6-13(12)22-15/h2-9H,10H2,1H3. The normalized spacial score (nSPS) is 11.4. The van der Waals surface area contributed by atoms with Crippen LogP contribution in [-0.4, -0.2) is 9.38 Å². The molecule has 0 bridgehead atoms. The first-order chi connectivity index (χ1) is 10.7. The van der Waals surface area contributed by atoms with E-state index in [9.17, 15) is 0 Å². The number of furan rings is 1. The summed E-state index contributed by atoms with van der Waals surface area (Å²) >= 11 is 6.35. The summed E-state index contributed by atoms with van der Waals surface area (Å²) in [5.41, 5.74) is 2.49. The van der Waals surface area contributed by atoms with Crippen LogP contribution in [0.3, 0.4) is 0 Å². The molecule has 0 aliphatic carbocycles. The molecule has 1 aromatic carbocycles. The number of nitrogens with zero attached hydrogens (tertiary/aromatic N) is 2. The topological polar surface area (TPSA) is 39.7 Å². The Morgan fingerprint density at radius 3 is 2.95 bits per heavy atom. The van der Waals surface area contributed by atoms with E-state index in [0.29, 0.717) is 16.5 Å². The van der Waals surface area contributed by atoms with E-state index in [4.69, 9.17) is 20.8 Å². The van der Waals surface area contributed by atoms with Crippen LogP contribution in [0.15, 0.2) is 53.2 Å². The number of hydrogen-bond acceptors (Lipinski definition) is 3. The highest BCUT2D eigenvalue weighted by Gasteiger charge is 2.13. The van der Waals surface area contributed by atoms with Gasteiger partial charge in [0.2, 0.25) is 0 Å². The molecule has 0 aliphatic rings. The lowest BCUT2D eigenvalue weighted by Gasteiger charge is -2.05. The minimum Gasteiger partial charge on any atom is -0.482 e. The molecule has 0 atom stereocenters. The third-order valence-electron chi connectivity index (χ3n) is 3.53. The molecular weight excluding hydrogens is 300 g/mol. The van der Waals surface area contributed by atoms with E-state index in [2.05, 4.69) is 4.98 Å². The lowest BCUT2D eigenvalue weighted by molar-refractivity contribution is 0.276. The highest BCUT2D eigenvalue weighted by molar-refractivity contribution is 6.36. The summed E-state index contributed by atoms with van der Waals surface area (Å²) in [6.07, 6.45) is 3.90. The van der Waals surface area contributed by atoms with Crippen molar-refractivity contribution in [3.63, 3.8) is 0 Å². The smallest absolute Gasteiger partial charge is 0.179 e. The number of para-hydroxylation sites is 1. The monoisotopic (exact) mass is 312 g/mol. The fourth-order valence-corrected chi connectivity index (χ4v) is 2.77. The average Bonchev–Trinajstić information content (AvgIpc) is 3.05. The molecule has 3 heterocycles. The molecule has 110 valence electrons. The quantitative estimate of drug-likeness (QED) is 0.554. The van der Waals surface area contributed by atoms with Crippen molar-refractivity contribution < 1.29 is 9.15 Å². The van der Waals surface area contributed by atoms with Gasteiger partial charge in [-0.3, -0.25) is 0 Å². The maximum Gasteiger partial charge on any atom is 0.179 e. The zero-order valence-electron chi connectivity index (χ0n) is 11.9. The molecule has 3 aromatic heterocycles. The fraction of sp³-hybridized carbons (Fsp3) is 0.118. The third kappa shape index (κ3) is 2.12. The average molecular weight is 313 g/mol. The number of halogens is 1. The number of hydrogen-bond donors (Lipinski definition) is 0. The number of imidazole rings is 1. The minimum atomic E-state index is 0.263. The van der Waals surface area contributed by atoms with E-state index in [1.165, 1.54) is 0 Å². The molecule has 4 rings (SSSR count). The van der Waals surface area contributed by atoms with Crippen LogP contribution in [0.25, 0.3) is 16.6 Å². The molecule has 0 spiro atoms. The Labute approximate surface area is 131 Å². The third-order valence-corrected chi connectivity index (χ3v) is 3.94. The zero-order chi connectivity index (χ0) is 15.1. The second-order valence-electron chi connectivity index (χ2n) is 5.11. The number of benzene rings is 1. The summed E-state index contributed by atoms with van der Waals surface area (Å²) in [5, 5.41) is 1.50. The lowest BCUT2D eigenvalue weighted by Crippen LogP contribution is -1.97. The summed E-state index contributed by atoms with van der Waals surface area (Å²) in [7, 11) is 0. The van der Waals surface area contributed by atoms with Gasteiger partial charge in [0.25, 0.3) is 0 Å². The van der Waals surface area contributed by atoms with Crippen LogP contribution >= 0.6 is 11.6 Å². The Morgan fingerprint density at radius 2 is 2.09 bits per heavy atom. The molecule has 0 saturated carbocycles. The Balaban J connectivity index is 1.67. The highest BCUT2D eigenvalue weighted by Crippen LogP contribution is 2.31. The van der Waals surface area contributed by atoms with Gasteiger partial charge in [-0.15, -0.1) is 0 Å². The predicted molar refractivity (Wildman–Crippen MR) is 85.5 cm³/mol. The van der Waals surface area contributed by atoms with Gasteiger partial charge in [-0.1, -0.05) is 23.7 Å². The number of rotatable bonds is 3. The molecule has 0 amide bonds. The van der Waals surface area contributed by atoms with Crippen LogP contribution < -0.4 is 4.74 Å². The van der Waals surface area contributed by atoms with E-state index >= 15 is 0 Å². The number of ether oxygens (including phenoxy) is 1. The second-order valence-corrected chi connectivity index (χ2v) is 5.49. The van der Waals surface area contributed by atoms with Crippen molar-refractivity contribution in [2.24, 2.45) is 0 Å². The van der Waals surface area contributed by atoms with Gasteiger partial charge in [0.15, 0.2) is 17.2 Å². The largest absolute Gasteiger partial charge is 0.482 e. The molecule has 0 N–H and O–H groups in total. The van der Waals surface area contributed by atoms with Gasteiger partial charge < -0.3 is 13.6 Å². The predicted octanol–water partition coefficient (Wildman–Crippen LogP) is 4.62. The number of pyridine rings is 1. The summed E-state index contributed by atoms with van der Waals surface area (Å²) in [4.78, 5) is 4.46. The molecule has 0 aliphatic heterocycles. The fourth-order valence-electron chi connectivity index (χ4n) is 2.52. The van der Waals surface area contributed by atoms with E-state index < -0.39 is 0 Å². The molecule has 22 heavy (non-hydrogen) atoms. The van der Waals surface area contributed by atoms with Crippen molar-refractivity contribution in [1.29, 1.82) is 0 Å².